The molecule has 140 valence electrons. The minimum atomic E-state index is 0.0238. The number of rotatable bonds is 8. The SMILES string of the molecule is CCNC(=NCC(=O)NC1CCCCC1)NCC(C)Cc1cccs1. The minimum Gasteiger partial charge on any atom is -0.357 e. The summed E-state index contributed by atoms with van der Waals surface area (Å²) in [5, 5.41) is 11.8. The van der Waals surface area contributed by atoms with Crippen LogP contribution in [0.5, 0.6) is 0 Å². The predicted molar refractivity (Wildman–Crippen MR) is 106 cm³/mol. The van der Waals surface area contributed by atoms with Crippen molar-refractivity contribution >= 4 is 23.2 Å². The molecule has 0 saturated heterocycles. The monoisotopic (exact) mass is 364 g/mol. The minimum absolute atomic E-state index is 0.0238. The molecule has 1 aliphatic carbocycles. The fourth-order valence-corrected chi connectivity index (χ4v) is 4.00. The average molecular weight is 365 g/mol. The van der Waals surface area contributed by atoms with E-state index in [1.807, 2.05) is 6.92 Å². The van der Waals surface area contributed by atoms with Crippen LogP contribution in [0.15, 0.2) is 22.5 Å². The zero-order chi connectivity index (χ0) is 17.9. The zero-order valence-corrected chi connectivity index (χ0v) is 16.3. The van der Waals surface area contributed by atoms with Gasteiger partial charge in [0.15, 0.2) is 5.96 Å². The number of hydrogen-bond acceptors (Lipinski definition) is 3. The van der Waals surface area contributed by atoms with Crippen molar-refractivity contribution in [2.24, 2.45) is 10.9 Å². The van der Waals surface area contributed by atoms with Crippen LogP contribution in [0, 0.1) is 5.92 Å². The van der Waals surface area contributed by atoms with Crippen LogP contribution >= 0.6 is 11.3 Å². The number of amides is 1. The van der Waals surface area contributed by atoms with E-state index in [2.05, 4.69) is 45.4 Å². The third-order valence-electron chi connectivity index (χ3n) is 4.44. The first-order chi connectivity index (χ1) is 12.2. The molecule has 1 fully saturated rings. The molecule has 0 bridgehead atoms. The van der Waals surface area contributed by atoms with Gasteiger partial charge in [-0.05, 0) is 43.6 Å². The summed E-state index contributed by atoms with van der Waals surface area (Å²) in [5.74, 6) is 1.26. The van der Waals surface area contributed by atoms with Crippen molar-refractivity contribution in [1.82, 2.24) is 16.0 Å². The highest BCUT2D eigenvalue weighted by Crippen LogP contribution is 2.17. The molecule has 0 aliphatic heterocycles. The van der Waals surface area contributed by atoms with Crippen LogP contribution in [-0.2, 0) is 11.2 Å². The molecule has 1 unspecified atom stereocenters. The summed E-state index contributed by atoms with van der Waals surface area (Å²) < 4.78 is 0. The molecule has 25 heavy (non-hydrogen) atoms. The number of carbonyl (C=O) groups excluding carboxylic acids is 1. The maximum absolute atomic E-state index is 12.1. The number of nitrogens with zero attached hydrogens (tertiary/aromatic N) is 1. The first-order valence-electron chi connectivity index (χ1n) is 9.51. The highest BCUT2D eigenvalue weighted by Gasteiger charge is 2.15. The summed E-state index contributed by atoms with van der Waals surface area (Å²) in [6, 6.07) is 4.62. The predicted octanol–water partition coefficient (Wildman–Crippen LogP) is 2.93. The van der Waals surface area contributed by atoms with E-state index >= 15 is 0 Å². The van der Waals surface area contributed by atoms with Crippen LogP contribution in [0.1, 0.15) is 50.8 Å². The Labute approximate surface area is 155 Å². The molecule has 1 heterocycles. The molecule has 1 atom stereocenters. The maximum Gasteiger partial charge on any atom is 0.242 e. The molecule has 0 aromatic carbocycles. The van der Waals surface area contributed by atoms with E-state index in [0.717, 1.165) is 38.3 Å². The lowest BCUT2D eigenvalue weighted by Crippen LogP contribution is -2.41. The van der Waals surface area contributed by atoms with Gasteiger partial charge in [0, 0.05) is 24.0 Å². The third kappa shape index (κ3) is 7.90. The molecule has 5 nitrogen and oxygen atoms in total. The van der Waals surface area contributed by atoms with E-state index in [1.165, 1.54) is 24.1 Å². The Morgan fingerprint density at radius 2 is 2.12 bits per heavy atom. The van der Waals surface area contributed by atoms with Crippen molar-refractivity contribution in [1.29, 1.82) is 0 Å². The Morgan fingerprint density at radius 3 is 2.80 bits per heavy atom. The van der Waals surface area contributed by atoms with Crippen LogP contribution in [-0.4, -0.2) is 37.5 Å². The van der Waals surface area contributed by atoms with Gasteiger partial charge in [-0.25, -0.2) is 4.99 Å². The number of nitrogens with one attached hydrogen (secondary N) is 3. The van der Waals surface area contributed by atoms with Crippen LogP contribution in [0.2, 0.25) is 0 Å². The van der Waals surface area contributed by atoms with Crippen molar-refractivity contribution in [3.8, 4) is 0 Å². The van der Waals surface area contributed by atoms with Gasteiger partial charge in [0.1, 0.15) is 6.54 Å². The first-order valence-corrected chi connectivity index (χ1v) is 10.4. The van der Waals surface area contributed by atoms with E-state index in [1.54, 1.807) is 11.3 Å². The number of thiophene rings is 1. The second-order valence-electron chi connectivity index (χ2n) is 6.87. The quantitative estimate of drug-likeness (QED) is 0.491. The highest BCUT2D eigenvalue weighted by atomic mass is 32.1. The average Bonchev–Trinajstić information content (AvgIpc) is 3.11. The molecule has 1 amide bonds. The third-order valence-corrected chi connectivity index (χ3v) is 5.34. The molecule has 1 saturated carbocycles. The Hall–Kier alpha value is -1.56. The van der Waals surface area contributed by atoms with E-state index in [9.17, 15) is 4.79 Å². The smallest absolute Gasteiger partial charge is 0.242 e. The summed E-state index contributed by atoms with van der Waals surface area (Å²) in [6.07, 6.45) is 7.01. The molecule has 1 aromatic heterocycles. The van der Waals surface area contributed by atoms with Crippen LogP contribution in [0.25, 0.3) is 0 Å². The normalized spacial score (nSPS) is 17.1. The molecule has 6 heteroatoms. The molecular formula is C19H32N4OS. The summed E-state index contributed by atoms with van der Waals surface area (Å²) in [6.45, 7) is 6.08. The zero-order valence-electron chi connectivity index (χ0n) is 15.5. The van der Waals surface area contributed by atoms with Crippen LogP contribution in [0.4, 0.5) is 0 Å². The van der Waals surface area contributed by atoms with E-state index in [-0.39, 0.29) is 12.5 Å². The van der Waals surface area contributed by atoms with Gasteiger partial charge in [-0.2, -0.15) is 0 Å². The number of aliphatic imine (C=N–C) groups is 1. The van der Waals surface area contributed by atoms with E-state index in [4.69, 9.17) is 0 Å². The molecule has 3 N–H and O–H groups in total. The van der Waals surface area contributed by atoms with Crippen LogP contribution in [0.3, 0.4) is 0 Å². The molecular weight excluding hydrogens is 332 g/mol. The lowest BCUT2D eigenvalue weighted by molar-refractivity contribution is -0.120. The largest absolute Gasteiger partial charge is 0.357 e. The van der Waals surface area contributed by atoms with Crippen molar-refractivity contribution in [3.05, 3.63) is 22.4 Å². The van der Waals surface area contributed by atoms with Crippen molar-refractivity contribution in [3.63, 3.8) is 0 Å². The van der Waals surface area contributed by atoms with Gasteiger partial charge < -0.3 is 16.0 Å². The van der Waals surface area contributed by atoms with Gasteiger partial charge >= 0.3 is 0 Å². The number of hydrogen-bond donors (Lipinski definition) is 3. The van der Waals surface area contributed by atoms with Gasteiger partial charge in [-0.3, -0.25) is 4.79 Å². The summed E-state index contributed by atoms with van der Waals surface area (Å²) >= 11 is 1.80. The first kappa shape index (κ1) is 19.8. The summed E-state index contributed by atoms with van der Waals surface area (Å²) in [5.41, 5.74) is 0. The van der Waals surface area contributed by atoms with E-state index in [0.29, 0.717) is 12.0 Å². The van der Waals surface area contributed by atoms with Crippen molar-refractivity contribution in [2.45, 2.75) is 58.4 Å². The van der Waals surface area contributed by atoms with Gasteiger partial charge in [0.2, 0.25) is 5.91 Å². The fourth-order valence-electron chi connectivity index (χ4n) is 3.13. The lowest BCUT2D eigenvalue weighted by Gasteiger charge is -2.22. The van der Waals surface area contributed by atoms with Crippen LogP contribution < -0.4 is 16.0 Å². The molecule has 2 rings (SSSR count). The second kappa shape index (κ2) is 11.1. The number of carbonyl (C=O) groups is 1. The molecule has 1 aromatic rings. The Bertz CT molecular complexity index is 524. The summed E-state index contributed by atoms with van der Waals surface area (Å²) in [4.78, 5) is 17.9. The second-order valence-corrected chi connectivity index (χ2v) is 7.90. The Balaban J connectivity index is 1.73. The standard InChI is InChI=1S/C19H32N4OS/c1-3-20-19(21-13-15(2)12-17-10-7-11-25-17)22-14-18(24)23-16-8-5-4-6-9-16/h7,10-11,15-16H,3-6,8-9,12-14H2,1-2H3,(H,23,24)(H2,20,21,22). The Morgan fingerprint density at radius 1 is 1.32 bits per heavy atom. The molecule has 0 radical (unpaired) electrons. The molecule has 0 spiro atoms. The lowest BCUT2D eigenvalue weighted by atomic mass is 9.95. The van der Waals surface area contributed by atoms with Crippen molar-refractivity contribution in [2.75, 3.05) is 19.6 Å². The maximum atomic E-state index is 12.1. The van der Waals surface area contributed by atoms with Gasteiger partial charge in [-0.1, -0.05) is 32.3 Å². The number of guanidine groups is 1. The molecule has 1 aliphatic rings. The van der Waals surface area contributed by atoms with Gasteiger partial charge in [-0.15, -0.1) is 11.3 Å². The highest BCUT2D eigenvalue weighted by molar-refractivity contribution is 7.09. The van der Waals surface area contributed by atoms with Gasteiger partial charge in [0.25, 0.3) is 0 Å². The summed E-state index contributed by atoms with van der Waals surface area (Å²) in [7, 11) is 0. The Kier molecular flexibility index (Phi) is 8.80. The van der Waals surface area contributed by atoms with E-state index < -0.39 is 0 Å². The van der Waals surface area contributed by atoms with Crippen molar-refractivity contribution < 1.29 is 4.79 Å². The fraction of sp³-hybridized carbons (Fsp3) is 0.684. The van der Waals surface area contributed by atoms with Gasteiger partial charge in [0.05, 0.1) is 0 Å². The topological polar surface area (TPSA) is 65.5 Å².